The molecule has 0 amide bonds. The van der Waals surface area contributed by atoms with Crippen LogP contribution in [0.2, 0.25) is 0 Å². The normalized spacial score (nSPS) is 17.0. The van der Waals surface area contributed by atoms with Gasteiger partial charge < -0.3 is 10.8 Å². The molecular formula is C8H13N3O2S2. The van der Waals surface area contributed by atoms with Gasteiger partial charge in [-0.3, -0.25) is 4.79 Å². The number of rotatable bonds is 5. The number of hydrogen-bond donors (Lipinski definition) is 2. The standard InChI is InChI=1S/C8H13N3O2S2/c1-5(3-8(2,9)6(12)13)14-7-10-4-11-15-7/h4-5H,3,9H2,1-2H3,(H,12,13). The Morgan fingerprint density at radius 2 is 2.53 bits per heavy atom. The van der Waals surface area contributed by atoms with Crippen LogP contribution in [-0.2, 0) is 4.79 Å². The molecule has 1 aromatic rings. The molecule has 1 heterocycles. The molecule has 2 atom stereocenters. The van der Waals surface area contributed by atoms with Gasteiger partial charge in [-0.2, -0.15) is 4.37 Å². The summed E-state index contributed by atoms with van der Waals surface area (Å²) in [6, 6.07) is 0. The number of carboxylic acid groups (broad SMARTS) is 1. The predicted molar refractivity (Wildman–Crippen MR) is 60.1 cm³/mol. The first-order chi connectivity index (χ1) is 6.92. The van der Waals surface area contributed by atoms with E-state index in [0.29, 0.717) is 6.42 Å². The third-order valence-electron chi connectivity index (χ3n) is 1.84. The van der Waals surface area contributed by atoms with Crippen molar-refractivity contribution in [3.63, 3.8) is 0 Å². The minimum atomic E-state index is -1.18. The maximum absolute atomic E-state index is 10.8. The van der Waals surface area contributed by atoms with Gasteiger partial charge in [-0.25, -0.2) is 4.98 Å². The Bertz CT molecular complexity index is 327. The topological polar surface area (TPSA) is 89.1 Å². The Kier molecular flexibility index (Phi) is 4.06. The van der Waals surface area contributed by atoms with Crippen LogP contribution >= 0.6 is 23.3 Å². The summed E-state index contributed by atoms with van der Waals surface area (Å²) in [6.45, 7) is 3.45. The van der Waals surface area contributed by atoms with Crippen molar-refractivity contribution >= 4 is 29.3 Å². The van der Waals surface area contributed by atoms with E-state index in [-0.39, 0.29) is 5.25 Å². The molecule has 0 spiro atoms. The molecule has 84 valence electrons. The number of hydrogen-bond acceptors (Lipinski definition) is 6. The molecule has 0 saturated carbocycles. The lowest BCUT2D eigenvalue weighted by Gasteiger charge is -2.22. The van der Waals surface area contributed by atoms with Crippen LogP contribution in [-0.4, -0.2) is 31.2 Å². The number of thioether (sulfide) groups is 1. The van der Waals surface area contributed by atoms with Crippen LogP contribution in [0.1, 0.15) is 20.3 Å². The summed E-state index contributed by atoms with van der Waals surface area (Å²) in [5.74, 6) is -0.979. The number of carbonyl (C=O) groups is 1. The zero-order chi connectivity index (χ0) is 11.5. The van der Waals surface area contributed by atoms with Crippen LogP contribution in [0.3, 0.4) is 0 Å². The van der Waals surface area contributed by atoms with Gasteiger partial charge in [0.15, 0.2) is 4.34 Å². The summed E-state index contributed by atoms with van der Waals surface area (Å²) < 4.78 is 4.71. The van der Waals surface area contributed by atoms with Crippen molar-refractivity contribution in [1.82, 2.24) is 9.36 Å². The fourth-order valence-electron chi connectivity index (χ4n) is 1.11. The number of aromatic nitrogens is 2. The van der Waals surface area contributed by atoms with Crippen molar-refractivity contribution in [3.05, 3.63) is 6.33 Å². The van der Waals surface area contributed by atoms with Crippen molar-refractivity contribution in [2.75, 3.05) is 0 Å². The Labute approximate surface area is 96.3 Å². The van der Waals surface area contributed by atoms with Gasteiger partial charge in [0, 0.05) is 5.25 Å². The molecule has 0 fully saturated rings. The fraction of sp³-hybridized carbons (Fsp3) is 0.625. The second-order valence-electron chi connectivity index (χ2n) is 3.56. The lowest BCUT2D eigenvalue weighted by Crippen LogP contribution is -2.46. The highest BCUT2D eigenvalue weighted by Crippen LogP contribution is 2.28. The van der Waals surface area contributed by atoms with Crippen molar-refractivity contribution in [3.8, 4) is 0 Å². The third kappa shape index (κ3) is 3.77. The molecule has 0 radical (unpaired) electrons. The molecule has 0 aromatic carbocycles. The van der Waals surface area contributed by atoms with Crippen LogP contribution in [0, 0.1) is 0 Å². The van der Waals surface area contributed by atoms with Crippen LogP contribution in [0.4, 0.5) is 0 Å². The SMILES string of the molecule is CC(CC(C)(N)C(=O)O)Sc1ncns1. The van der Waals surface area contributed by atoms with E-state index in [4.69, 9.17) is 10.8 Å². The molecule has 7 heteroatoms. The van der Waals surface area contributed by atoms with E-state index in [1.54, 1.807) is 0 Å². The molecule has 5 nitrogen and oxygen atoms in total. The Balaban J connectivity index is 2.49. The van der Waals surface area contributed by atoms with Crippen molar-refractivity contribution in [2.45, 2.75) is 35.4 Å². The summed E-state index contributed by atoms with van der Waals surface area (Å²) >= 11 is 2.80. The van der Waals surface area contributed by atoms with Crippen molar-refractivity contribution in [1.29, 1.82) is 0 Å². The molecule has 0 saturated heterocycles. The van der Waals surface area contributed by atoms with E-state index in [2.05, 4.69) is 9.36 Å². The average Bonchev–Trinajstić information content (AvgIpc) is 2.54. The van der Waals surface area contributed by atoms with Gasteiger partial charge in [0.05, 0.1) is 0 Å². The third-order valence-corrected chi connectivity index (χ3v) is 3.69. The zero-order valence-electron chi connectivity index (χ0n) is 8.51. The maximum Gasteiger partial charge on any atom is 0.323 e. The molecule has 1 rings (SSSR count). The first-order valence-electron chi connectivity index (χ1n) is 4.37. The highest BCUT2D eigenvalue weighted by atomic mass is 32.2. The van der Waals surface area contributed by atoms with Crippen molar-refractivity contribution < 1.29 is 9.90 Å². The smallest absolute Gasteiger partial charge is 0.323 e. The van der Waals surface area contributed by atoms with E-state index < -0.39 is 11.5 Å². The second-order valence-corrected chi connectivity index (χ2v) is 6.03. The van der Waals surface area contributed by atoms with Gasteiger partial charge in [0.1, 0.15) is 11.9 Å². The van der Waals surface area contributed by atoms with Gasteiger partial charge in [-0.1, -0.05) is 18.7 Å². The van der Waals surface area contributed by atoms with E-state index in [1.165, 1.54) is 36.5 Å². The second kappa shape index (κ2) is 4.91. The average molecular weight is 247 g/mol. The number of nitrogens with two attached hydrogens (primary N) is 1. The molecule has 1 aromatic heterocycles. The van der Waals surface area contributed by atoms with Gasteiger partial charge in [-0.15, -0.1) is 0 Å². The molecule has 0 aliphatic carbocycles. The summed E-state index contributed by atoms with van der Waals surface area (Å²) in [5, 5.41) is 8.96. The van der Waals surface area contributed by atoms with Crippen molar-refractivity contribution in [2.24, 2.45) is 5.73 Å². The fourth-order valence-corrected chi connectivity index (χ4v) is 3.07. The zero-order valence-corrected chi connectivity index (χ0v) is 10.1. The van der Waals surface area contributed by atoms with Gasteiger partial charge in [0.25, 0.3) is 0 Å². The largest absolute Gasteiger partial charge is 0.480 e. The number of nitrogens with zero attached hydrogens (tertiary/aromatic N) is 2. The van der Waals surface area contributed by atoms with Crippen LogP contribution in [0.25, 0.3) is 0 Å². The van der Waals surface area contributed by atoms with E-state index in [0.717, 1.165) is 4.34 Å². The molecule has 0 aliphatic rings. The maximum atomic E-state index is 10.8. The molecule has 3 N–H and O–H groups in total. The van der Waals surface area contributed by atoms with E-state index >= 15 is 0 Å². The highest BCUT2D eigenvalue weighted by Gasteiger charge is 2.30. The van der Waals surface area contributed by atoms with Crippen LogP contribution < -0.4 is 5.73 Å². The lowest BCUT2D eigenvalue weighted by atomic mass is 9.98. The summed E-state index contributed by atoms with van der Waals surface area (Å²) in [4.78, 5) is 14.8. The number of carboxylic acids is 1. The summed E-state index contributed by atoms with van der Waals surface area (Å²) in [6.07, 6.45) is 1.88. The first kappa shape index (κ1) is 12.4. The molecule has 0 bridgehead atoms. The van der Waals surface area contributed by atoms with Gasteiger partial charge in [0.2, 0.25) is 0 Å². The summed E-state index contributed by atoms with van der Waals surface area (Å²) in [5.41, 5.74) is 4.46. The number of aliphatic carboxylic acids is 1. The molecule has 2 unspecified atom stereocenters. The molecular weight excluding hydrogens is 234 g/mol. The quantitative estimate of drug-likeness (QED) is 0.760. The van der Waals surface area contributed by atoms with Gasteiger partial charge >= 0.3 is 5.97 Å². The highest BCUT2D eigenvalue weighted by molar-refractivity contribution is 8.01. The first-order valence-corrected chi connectivity index (χ1v) is 6.03. The lowest BCUT2D eigenvalue weighted by molar-refractivity contribution is -0.142. The van der Waals surface area contributed by atoms with Gasteiger partial charge in [-0.05, 0) is 24.9 Å². The van der Waals surface area contributed by atoms with Crippen LogP contribution in [0.15, 0.2) is 10.7 Å². The Morgan fingerprint density at radius 1 is 1.87 bits per heavy atom. The Hall–Kier alpha value is -0.660. The summed E-state index contributed by atoms with van der Waals surface area (Å²) in [7, 11) is 0. The van der Waals surface area contributed by atoms with E-state index in [9.17, 15) is 4.79 Å². The minimum Gasteiger partial charge on any atom is -0.480 e. The Morgan fingerprint density at radius 3 is 3.00 bits per heavy atom. The predicted octanol–water partition coefficient (Wildman–Crippen LogP) is 1.21. The van der Waals surface area contributed by atoms with Crippen LogP contribution in [0.5, 0.6) is 0 Å². The molecule has 0 aliphatic heterocycles. The molecule has 15 heavy (non-hydrogen) atoms. The monoisotopic (exact) mass is 247 g/mol. The minimum absolute atomic E-state index is 0.101. The van der Waals surface area contributed by atoms with E-state index in [1.807, 2.05) is 6.92 Å².